The zero-order chi connectivity index (χ0) is 25.3. The maximum Gasteiger partial charge on any atom is 0.219 e. The predicted octanol–water partition coefficient (Wildman–Crippen LogP) is 2.79. The van der Waals surface area contributed by atoms with E-state index in [-0.39, 0.29) is 22.6 Å². The number of nitrogens with zero attached hydrogens (tertiary/aromatic N) is 4. The van der Waals surface area contributed by atoms with Gasteiger partial charge >= 0.3 is 0 Å². The minimum Gasteiger partial charge on any atom is -0.497 e. The van der Waals surface area contributed by atoms with Crippen LogP contribution in [0.2, 0.25) is 0 Å². The number of piperidine rings is 1. The van der Waals surface area contributed by atoms with E-state index in [0.717, 1.165) is 17.5 Å². The third kappa shape index (κ3) is 5.19. The van der Waals surface area contributed by atoms with Crippen molar-refractivity contribution in [2.75, 3.05) is 37.0 Å². The second kappa shape index (κ2) is 9.96. The van der Waals surface area contributed by atoms with Crippen molar-refractivity contribution in [2.24, 2.45) is 0 Å². The lowest BCUT2D eigenvalue weighted by Crippen LogP contribution is -2.41. The molecule has 4 rings (SSSR count). The molecule has 0 bridgehead atoms. The van der Waals surface area contributed by atoms with E-state index in [2.05, 4.69) is 5.32 Å². The second-order valence-corrected chi connectivity index (χ2v) is 11.5. The summed E-state index contributed by atoms with van der Waals surface area (Å²) < 4.78 is 45.9. The number of methoxy groups -OCH3 is 1. The third-order valence-corrected chi connectivity index (χ3v) is 8.78. The first kappa shape index (κ1) is 25.2. The topological polar surface area (TPSA) is 105 Å². The van der Waals surface area contributed by atoms with Gasteiger partial charge in [0.25, 0.3) is 0 Å². The standard InChI is InChI=1S/C24H32FN5O4S/c1-15(2)26-23-24(28-21-14-30(16(3)31)12-9-20(21)27-23)29-10-7-18(8-11-29)35(32,33)22-6-5-17(34-4)13-19(22)25/h5-6,13,15,18H,7-12,14H2,1-4H3,(H,26,27). The van der Waals surface area contributed by atoms with Crippen LogP contribution in [0.25, 0.3) is 0 Å². The Kier molecular flexibility index (Phi) is 7.16. The summed E-state index contributed by atoms with van der Waals surface area (Å²) in [6.45, 7) is 7.49. The molecule has 0 atom stereocenters. The van der Waals surface area contributed by atoms with Crippen LogP contribution < -0.4 is 15.0 Å². The number of aromatic nitrogens is 2. The first-order valence-corrected chi connectivity index (χ1v) is 13.4. The molecule has 1 saturated heterocycles. The van der Waals surface area contributed by atoms with Gasteiger partial charge in [-0.05, 0) is 38.8 Å². The molecule has 9 nitrogen and oxygen atoms in total. The summed E-state index contributed by atoms with van der Waals surface area (Å²) in [6.07, 6.45) is 1.32. The number of anilines is 2. The van der Waals surface area contributed by atoms with Gasteiger partial charge in [-0.3, -0.25) is 4.79 Å². The molecule has 190 valence electrons. The Morgan fingerprint density at radius 3 is 2.49 bits per heavy atom. The van der Waals surface area contributed by atoms with Gasteiger partial charge in [0.2, 0.25) is 5.91 Å². The normalized spacial score (nSPS) is 16.9. The highest BCUT2D eigenvalue weighted by atomic mass is 32.2. The van der Waals surface area contributed by atoms with Crippen molar-refractivity contribution < 1.29 is 22.3 Å². The summed E-state index contributed by atoms with van der Waals surface area (Å²) in [7, 11) is -2.43. The summed E-state index contributed by atoms with van der Waals surface area (Å²) in [5.74, 6) is 0.800. The summed E-state index contributed by atoms with van der Waals surface area (Å²) in [6, 6.07) is 3.96. The van der Waals surface area contributed by atoms with E-state index in [9.17, 15) is 17.6 Å². The van der Waals surface area contributed by atoms with E-state index in [1.54, 1.807) is 11.8 Å². The van der Waals surface area contributed by atoms with Gasteiger partial charge in [-0.2, -0.15) is 0 Å². The summed E-state index contributed by atoms with van der Waals surface area (Å²) in [5.41, 5.74) is 1.65. The average Bonchev–Trinajstić information content (AvgIpc) is 2.82. The van der Waals surface area contributed by atoms with Crippen LogP contribution in [0.5, 0.6) is 5.75 Å². The predicted molar refractivity (Wildman–Crippen MR) is 131 cm³/mol. The number of hydrogen-bond donors (Lipinski definition) is 1. The molecule has 2 aliphatic heterocycles. The van der Waals surface area contributed by atoms with Crippen LogP contribution in [0.1, 0.15) is 45.0 Å². The smallest absolute Gasteiger partial charge is 0.219 e. The molecule has 0 unspecified atom stereocenters. The van der Waals surface area contributed by atoms with Crippen LogP contribution in [-0.2, 0) is 27.6 Å². The number of carbonyl (C=O) groups is 1. The maximum atomic E-state index is 14.5. The zero-order valence-corrected chi connectivity index (χ0v) is 21.4. The molecule has 35 heavy (non-hydrogen) atoms. The van der Waals surface area contributed by atoms with Crippen molar-refractivity contribution in [1.29, 1.82) is 0 Å². The van der Waals surface area contributed by atoms with Crippen LogP contribution >= 0.6 is 0 Å². The fourth-order valence-electron chi connectivity index (χ4n) is 4.58. The largest absolute Gasteiger partial charge is 0.497 e. The number of ether oxygens (including phenoxy) is 1. The number of sulfone groups is 1. The summed E-state index contributed by atoms with van der Waals surface area (Å²) >= 11 is 0. The Balaban J connectivity index is 1.56. The fourth-order valence-corrected chi connectivity index (χ4v) is 6.36. The van der Waals surface area contributed by atoms with E-state index in [4.69, 9.17) is 14.7 Å². The van der Waals surface area contributed by atoms with Gasteiger partial charge in [-0.1, -0.05) is 0 Å². The monoisotopic (exact) mass is 505 g/mol. The molecule has 0 radical (unpaired) electrons. The molecule has 0 spiro atoms. The Morgan fingerprint density at radius 2 is 1.89 bits per heavy atom. The van der Waals surface area contributed by atoms with Gasteiger partial charge in [0, 0.05) is 45.1 Å². The van der Waals surface area contributed by atoms with Crippen LogP contribution in [0.4, 0.5) is 16.0 Å². The van der Waals surface area contributed by atoms with Crippen LogP contribution in [0.15, 0.2) is 23.1 Å². The highest BCUT2D eigenvalue weighted by Crippen LogP contribution is 2.33. The number of carbonyl (C=O) groups excluding carboxylic acids is 1. The van der Waals surface area contributed by atoms with Gasteiger partial charge in [-0.25, -0.2) is 22.8 Å². The molecule has 1 aromatic heterocycles. The summed E-state index contributed by atoms with van der Waals surface area (Å²) in [5, 5.41) is 2.67. The molecule has 1 N–H and O–H groups in total. The summed E-state index contributed by atoms with van der Waals surface area (Å²) in [4.78, 5) is 25.1. The molecule has 2 aliphatic rings. The zero-order valence-electron chi connectivity index (χ0n) is 20.5. The van der Waals surface area contributed by atoms with Gasteiger partial charge < -0.3 is 19.9 Å². The molecule has 0 aliphatic carbocycles. The Labute approximate surface area is 205 Å². The van der Waals surface area contributed by atoms with Gasteiger partial charge in [0.15, 0.2) is 21.5 Å². The Morgan fingerprint density at radius 1 is 1.17 bits per heavy atom. The van der Waals surface area contributed by atoms with Gasteiger partial charge in [0.1, 0.15) is 16.5 Å². The van der Waals surface area contributed by atoms with E-state index in [0.29, 0.717) is 57.1 Å². The lowest BCUT2D eigenvalue weighted by molar-refractivity contribution is -0.129. The SMILES string of the molecule is COc1ccc(S(=O)(=O)C2CCN(c3nc4c(nc3NC(C)C)CCN(C(C)=O)C4)CC2)c(F)c1. The average molecular weight is 506 g/mol. The van der Waals surface area contributed by atoms with Crippen LogP contribution in [0.3, 0.4) is 0 Å². The number of benzene rings is 1. The lowest BCUT2D eigenvalue weighted by Gasteiger charge is -2.35. The van der Waals surface area contributed by atoms with Crippen molar-refractivity contribution in [3.8, 4) is 5.75 Å². The minimum atomic E-state index is -3.84. The highest BCUT2D eigenvalue weighted by Gasteiger charge is 2.35. The van der Waals surface area contributed by atoms with Crippen molar-refractivity contribution in [3.63, 3.8) is 0 Å². The number of fused-ring (bicyclic) bond motifs is 1. The molecule has 1 amide bonds. The van der Waals surface area contributed by atoms with Crippen LogP contribution in [0, 0.1) is 5.82 Å². The van der Waals surface area contributed by atoms with Gasteiger partial charge in [-0.15, -0.1) is 0 Å². The number of rotatable bonds is 6. The number of amides is 1. The van der Waals surface area contributed by atoms with Crippen molar-refractivity contribution in [3.05, 3.63) is 35.4 Å². The number of halogens is 1. The first-order valence-electron chi connectivity index (χ1n) is 11.8. The Bertz CT molecular complexity index is 1210. The van der Waals surface area contributed by atoms with E-state index < -0.39 is 20.9 Å². The van der Waals surface area contributed by atoms with Crippen LogP contribution in [-0.4, -0.2) is 67.2 Å². The molecule has 3 heterocycles. The number of nitrogens with one attached hydrogen (secondary N) is 1. The van der Waals surface area contributed by atoms with Gasteiger partial charge in [0.05, 0.1) is 30.3 Å². The van der Waals surface area contributed by atoms with E-state index in [1.165, 1.54) is 19.2 Å². The van der Waals surface area contributed by atoms with E-state index in [1.807, 2.05) is 18.7 Å². The molecular weight excluding hydrogens is 473 g/mol. The molecule has 1 fully saturated rings. The highest BCUT2D eigenvalue weighted by molar-refractivity contribution is 7.92. The third-order valence-electron chi connectivity index (χ3n) is 6.49. The Hall–Kier alpha value is -2.95. The fraction of sp³-hybridized carbons (Fsp3) is 0.542. The lowest BCUT2D eigenvalue weighted by atomic mass is 10.1. The molecular formula is C24H32FN5O4S. The minimum absolute atomic E-state index is 0.000155. The first-order chi connectivity index (χ1) is 16.6. The number of hydrogen-bond acceptors (Lipinski definition) is 8. The second-order valence-electron chi connectivity index (χ2n) is 9.31. The molecule has 0 saturated carbocycles. The van der Waals surface area contributed by atoms with Crippen molar-refractivity contribution >= 4 is 27.4 Å². The maximum absolute atomic E-state index is 14.5. The molecule has 2 aromatic rings. The molecule has 1 aromatic carbocycles. The van der Waals surface area contributed by atoms with Crippen molar-refractivity contribution in [1.82, 2.24) is 14.9 Å². The molecule has 11 heteroatoms. The van der Waals surface area contributed by atoms with E-state index >= 15 is 0 Å². The quantitative estimate of drug-likeness (QED) is 0.639. The van der Waals surface area contributed by atoms with Crippen molar-refractivity contribution in [2.45, 2.75) is 62.8 Å².